The third kappa shape index (κ3) is 4.04. The molecule has 4 heterocycles. The second-order valence-corrected chi connectivity index (χ2v) is 13.6. The van der Waals surface area contributed by atoms with Crippen molar-refractivity contribution in [3.63, 3.8) is 0 Å². The van der Waals surface area contributed by atoms with Gasteiger partial charge in [0.15, 0.2) is 5.84 Å². The van der Waals surface area contributed by atoms with Crippen molar-refractivity contribution in [1.82, 2.24) is 5.32 Å². The molecule has 0 fully saturated rings. The van der Waals surface area contributed by atoms with Crippen molar-refractivity contribution in [1.29, 1.82) is 0 Å². The summed E-state index contributed by atoms with van der Waals surface area (Å²) in [5, 5.41) is 12.7. The van der Waals surface area contributed by atoms with Crippen LogP contribution in [0.2, 0.25) is 0 Å². The molecular weight excluding hydrogens is 623 g/mol. The fourth-order valence-electron chi connectivity index (χ4n) is 7.37. The van der Waals surface area contributed by atoms with Crippen molar-refractivity contribution in [2.24, 2.45) is 9.98 Å². The van der Waals surface area contributed by atoms with Crippen LogP contribution in [0, 0.1) is 0 Å². The Kier molecular flexibility index (Phi) is 5.54. The Morgan fingerprint density at radius 3 is 2.16 bits per heavy atom. The molecule has 0 aliphatic carbocycles. The first-order valence-corrected chi connectivity index (χ1v) is 17.2. The van der Waals surface area contributed by atoms with Crippen molar-refractivity contribution < 1.29 is 8.83 Å². The zero-order chi connectivity index (χ0) is 32.1. The third-order valence-corrected chi connectivity index (χ3v) is 10.9. The Bertz CT molecular complexity index is 3050. The van der Waals surface area contributed by atoms with E-state index in [0.29, 0.717) is 5.84 Å². The van der Waals surface area contributed by atoms with Gasteiger partial charge >= 0.3 is 0 Å². The van der Waals surface area contributed by atoms with Gasteiger partial charge in [-0.05, 0) is 64.9 Å². The van der Waals surface area contributed by atoms with E-state index in [1.807, 2.05) is 36.4 Å². The number of furan rings is 2. The first-order valence-electron chi connectivity index (χ1n) is 16.3. The number of rotatable bonds is 3. The monoisotopic (exact) mass is 647 g/mol. The maximum Gasteiger partial charge on any atom is 0.159 e. The van der Waals surface area contributed by atoms with Crippen molar-refractivity contribution in [3.8, 4) is 0 Å². The van der Waals surface area contributed by atoms with Crippen LogP contribution >= 0.6 is 11.3 Å². The van der Waals surface area contributed by atoms with Crippen LogP contribution in [0.4, 0.5) is 0 Å². The molecule has 0 saturated carbocycles. The predicted octanol–water partition coefficient (Wildman–Crippen LogP) is 11.5. The summed E-state index contributed by atoms with van der Waals surface area (Å²) >= 11 is 1.77. The average molecular weight is 648 g/mol. The minimum atomic E-state index is -0.356. The fourth-order valence-corrected chi connectivity index (χ4v) is 8.59. The lowest BCUT2D eigenvalue weighted by atomic mass is 10.0. The van der Waals surface area contributed by atoms with Gasteiger partial charge in [0.2, 0.25) is 0 Å². The zero-order valence-corrected chi connectivity index (χ0v) is 26.8. The number of thiophene rings is 1. The van der Waals surface area contributed by atoms with Crippen molar-refractivity contribution in [2.45, 2.75) is 6.17 Å². The molecule has 0 amide bonds. The number of benzene rings is 7. The van der Waals surface area contributed by atoms with Crippen molar-refractivity contribution in [3.05, 3.63) is 156 Å². The second-order valence-electron chi connectivity index (χ2n) is 12.6. The van der Waals surface area contributed by atoms with Crippen LogP contribution in [0.3, 0.4) is 0 Å². The number of hydrogen-bond donors (Lipinski definition) is 1. The summed E-state index contributed by atoms with van der Waals surface area (Å²) in [6.07, 6.45) is -0.356. The van der Waals surface area contributed by atoms with Crippen LogP contribution in [0.1, 0.15) is 22.9 Å². The maximum absolute atomic E-state index is 6.58. The van der Waals surface area contributed by atoms with Crippen LogP contribution in [0.25, 0.3) is 74.8 Å². The largest absolute Gasteiger partial charge is 0.456 e. The molecule has 0 bridgehead atoms. The Morgan fingerprint density at radius 2 is 1.29 bits per heavy atom. The average Bonchev–Trinajstić information content (AvgIpc) is 3.85. The van der Waals surface area contributed by atoms with Gasteiger partial charge in [0.1, 0.15) is 34.3 Å². The Morgan fingerprint density at radius 1 is 0.571 bits per heavy atom. The molecule has 1 N–H and O–H groups in total. The topological polar surface area (TPSA) is 63.0 Å². The summed E-state index contributed by atoms with van der Waals surface area (Å²) in [7, 11) is 0. The third-order valence-electron chi connectivity index (χ3n) is 9.71. The molecule has 6 heteroatoms. The molecule has 0 radical (unpaired) electrons. The lowest BCUT2D eigenvalue weighted by Gasteiger charge is -2.24. The van der Waals surface area contributed by atoms with Gasteiger partial charge in [0.05, 0.1) is 4.70 Å². The molecule has 49 heavy (non-hydrogen) atoms. The van der Waals surface area contributed by atoms with Crippen molar-refractivity contribution >= 4 is 97.8 Å². The number of hydrogen-bond acceptors (Lipinski definition) is 6. The quantitative estimate of drug-likeness (QED) is 0.208. The molecule has 11 rings (SSSR count). The minimum Gasteiger partial charge on any atom is -0.456 e. The van der Waals surface area contributed by atoms with Gasteiger partial charge in [-0.15, -0.1) is 11.3 Å². The van der Waals surface area contributed by atoms with E-state index in [1.165, 1.54) is 20.9 Å². The zero-order valence-electron chi connectivity index (χ0n) is 26.0. The fraction of sp³-hybridized carbons (Fsp3) is 0.0233. The van der Waals surface area contributed by atoms with E-state index in [4.69, 9.17) is 18.8 Å². The summed E-state index contributed by atoms with van der Waals surface area (Å²) in [5.41, 5.74) is 6.54. The molecule has 230 valence electrons. The number of nitrogens with one attached hydrogen (secondary N) is 1. The highest BCUT2D eigenvalue weighted by Gasteiger charge is 2.26. The summed E-state index contributed by atoms with van der Waals surface area (Å²) in [6, 6.07) is 48.5. The van der Waals surface area contributed by atoms with Gasteiger partial charge in [-0.25, -0.2) is 9.98 Å². The molecule has 0 spiro atoms. The number of aliphatic imine (C=N–C) groups is 2. The maximum atomic E-state index is 6.58. The highest BCUT2D eigenvalue weighted by Crippen LogP contribution is 2.44. The van der Waals surface area contributed by atoms with Gasteiger partial charge in [-0.1, -0.05) is 91.0 Å². The summed E-state index contributed by atoms with van der Waals surface area (Å²) in [4.78, 5) is 10.6. The van der Waals surface area contributed by atoms with E-state index in [-0.39, 0.29) is 6.17 Å². The summed E-state index contributed by atoms with van der Waals surface area (Å²) in [6.45, 7) is 0. The lowest BCUT2D eigenvalue weighted by molar-refractivity contribution is 0.668. The Labute approximate surface area is 283 Å². The first-order chi connectivity index (χ1) is 24.2. The van der Waals surface area contributed by atoms with Crippen LogP contribution in [-0.2, 0) is 0 Å². The van der Waals surface area contributed by atoms with Crippen LogP contribution in [-0.4, -0.2) is 11.7 Å². The Balaban J connectivity index is 1.18. The molecule has 7 aromatic carbocycles. The van der Waals surface area contributed by atoms with E-state index in [0.717, 1.165) is 76.5 Å². The highest BCUT2D eigenvalue weighted by atomic mass is 32.1. The van der Waals surface area contributed by atoms with Gasteiger partial charge in [0.25, 0.3) is 0 Å². The highest BCUT2D eigenvalue weighted by molar-refractivity contribution is 7.26. The molecule has 0 saturated heterocycles. The second kappa shape index (κ2) is 10.1. The minimum absolute atomic E-state index is 0.356. The standard InChI is InChI=1S/C43H25N3O2S/c1-2-10-25-21-26(18-17-24(25)9-1)41-44-42(27-19-20-36-31(22-27)28-11-3-6-14-34(28)47-36)46-43(45-41)33-23-32-29-12-4-7-15-35(29)48-39(32)38-30-13-5-8-16-37(30)49-40(33)38/h1-23,41H,(H,44,45,46). The van der Waals surface area contributed by atoms with E-state index < -0.39 is 0 Å². The summed E-state index contributed by atoms with van der Waals surface area (Å²) < 4.78 is 15.1. The summed E-state index contributed by atoms with van der Waals surface area (Å²) in [5.74, 6) is 1.45. The first kappa shape index (κ1) is 26.8. The molecule has 1 atom stereocenters. The van der Waals surface area contributed by atoms with Crippen molar-refractivity contribution in [2.75, 3.05) is 0 Å². The molecule has 10 aromatic rings. The number of amidine groups is 2. The van der Waals surface area contributed by atoms with E-state index in [9.17, 15) is 0 Å². The Hall–Kier alpha value is -6.24. The number of para-hydroxylation sites is 2. The SMILES string of the molecule is c1ccc2cc(C3N=C(c4ccc5oc6ccccc6c5c4)N=C(c4cc5c6ccccc6oc5c5c4sc4ccccc45)N3)ccc2c1. The lowest BCUT2D eigenvalue weighted by Crippen LogP contribution is -2.33. The van der Waals surface area contributed by atoms with Gasteiger partial charge in [0, 0.05) is 48.1 Å². The van der Waals surface area contributed by atoms with E-state index in [1.54, 1.807) is 11.3 Å². The van der Waals surface area contributed by atoms with E-state index in [2.05, 4.69) is 108 Å². The van der Waals surface area contributed by atoms with Gasteiger partial charge in [-0.3, -0.25) is 0 Å². The van der Waals surface area contributed by atoms with E-state index >= 15 is 0 Å². The molecule has 1 aliphatic heterocycles. The normalized spacial score (nSPS) is 15.1. The molecule has 1 aliphatic rings. The number of fused-ring (bicyclic) bond motifs is 11. The molecule has 5 nitrogen and oxygen atoms in total. The van der Waals surface area contributed by atoms with Gasteiger partial charge < -0.3 is 14.2 Å². The van der Waals surface area contributed by atoms with Crippen LogP contribution < -0.4 is 5.32 Å². The number of nitrogens with zero attached hydrogens (tertiary/aromatic N) is 2. The molecule has 1 unspecified atom stereocenters. The smallest absolute Gasteiger partial charge is 0.159 e. The van der Waals surface area contributed by atoms with Crippen LogP contribution in [0.15, 0.2) is 158 Å². The molecule has 3 aromatic heterocycles. The van der Waals surface area contributed by atoms with Gasteiger partial charge in [-0.2, -0.15) is 0 Å². The molecular formula is C43H25N3O2S. The van der Waals surface area contributed by atoms with Crippen LogP contribution in [0.5, 0.6) is 0 Å². The predicted molar refractivity (Wildman–Crippen MR) is 203 cm³/mol.